The molecule has 0 radical (unpaired) electrons. The van der Waals surface area contributed by atoms with E-state index in [2.05, 4.69) is 39.1 Å². The molecule has 0 aliphatic heterocycles. The molecule has 0 saturated heterocycles. The van der Waals surface area contributed by atoms with E-state index in [1.807, 2.05) is 12.1 Å². The molecule has 3 nitrogen and oxygen atoms in total. The van der Waals surface area contributed by atoms with Crippen LogP contribution >= 0.6 is 0 Å². The van der Waals surface area contributed by atoms with Gasteiger partial charge in [0.05, 0.1) is 13.2 Å². The van der Waals surface area contributed by atoms with Crippen molar-refractivity contribution in [1.29, 1.82) is 0 Å². The van der Waals surface area contributed by atoms with E-state index in [0.29, 0.717) is 6.04 Å². The molecule has 3 heteroatoms. The van der Waals surface area contributed by atoms with Gasteiger partial charge in [0, 0.05) is 24.2 Å². The number of hydrogen-bond acceptors (Lipinski definition) is 3. The third-order valence-electron chi connectivity index (χ3n) is 2.67. The number of nitrogens with one attached hydrogen (secondary N) is 1. The van der Waals surface area contributed by atoms with Gasteiger partial charge < -0.3 is 14.8 Å². The molecule has 0 atom stereocenters. The topological polar surface area (TPSA) is 30.5 Å². The summed E-state index contributed by atoms with van der Waals surface area (Å²) >= 11 is 0. The molecule has 0 unspecified atom stereocenters. The van der Waals surface area contributed by atoms with Gasteiger partial charge >= 0.3 is 0 Å². The first kappa shape index (κ1) is 15.8. The number of rotatable bonds is 9. The highest BCUT2D eigenvalue weighted by atomic mass is 16.5. The molecular formula is C16H27NO2. The van der Waals surface area contributed by atoms with E-state index < -0.39 is 0 Å². The predicted octanol–water partition coefficient (Wildman–Crippen LogP) is 3.76. The SMILES string of the molecule is CCCOc1ccc(CNC(C)C)c(OCCC)c1. The minimum absolute atomic E-state index is 0.468. The Kier molecular flexibility index (Phi) is 7.34. The average Bonchev–Trinajstić information content (AvgIpc) is 2.41. The summed E-state index contributed by atoms with van der Waals surface area (Å²) in [6.07, 6.45) is 2.03. The Bertz CT molecular complexity index is 364. The molecule has 0 saturated carbocycles. The van der Waals surface area contributed by atoms with Gasteiger partial charge in [-0.15, -0.1) is 0 Å². The van der Waals surface area contributed by atoms with E-state index in [9.17, 15) is 0 Å². The Morgan fingerprint density at radius 1 is 1.05 bits per heavy atom. The molecule has 108 valence electrons. The van der Waals surface area contributed by atoms with Gasteiger partial charge in [-0.05, 0) is 18.9 Å². The Hall–Kier alpha value is -1.22. The fourth-order valence-electron chi connectivity index (χ4n) is 1.65. The van der Waals surface area contributed by atoms with Crippen molar-refractivity contribution in [3.8, 4) is 11.5 Å². The number of ether oxygens (including phenoxy) is 2. The third kappa shape index (κ3) is 5.97. The first-order valence-electron chi connectivity index (χ1n) is 7.29. The molecule has 0 fully saturated rings. The summed E-state index contributed by atoms with van der Waals surface area (Å²) in [4.78, 5) is 0. The van der Waals surface area contributed by atoms with Crippen LogP contribution in [0.4, 0.5) is 0 Å². The van der Waals surface area contributed by atoms with Crippen LogP contribution in [0, 0.1) is 0 Å². The molecule has 0 spiro atoms. The van der Waals surface area contributed by atoms with Crippen molar-refractivity contribution in [2.75, 3.05) is 13.2 Å². The second kappa shape index (κ2) is 8.81. The van der Waals surface area contributed by atoms with Crippen LogP contribution in [0.25, 0.3) is 0 Å². The summed E-state index contributed by atoms with van der Waals surface area (Å²) in [5.74, 6) is 1.82. The van der Waals surface area contributed by atoms with E-state index in [1.165, 1.54) is 5.56 Å². The van der Waals surface area contributed by atoms with Gasteiger partial charge in [0.25, 0.3) is 0 Å². The van der Waals surface area contributed by atoms with Crippen molar-refractivity contribution >= 4 is 0 Å². The molecule has 1 N–H and O–H groups in total. The lowest BCUT2D eigenvalue weighted by Gasteiger charge is -2.15. The van der Waals surface area contributed by atoms with E-state index in [1.54, 1.807) is 0 Å². The van der Waals surface area contributed by atoms with Crippen molar-refractivity contribution in [2.24, 2.45) is 0 Å². The highest BCUT2D eigenvalue weighted by Gasteiger charge is 2.07. The maximum atomic E-state index is 5.82. The second-order valence-corrected chi connectivity index (χ2v) is 5.00. The van der Waals surface area contributed by atoms with Gasteiger partial charge in [-0.25, -0.2) is 0 Å². The maximum Gasteiger partial charge on any atom is 0.127 e. The minimum Gasteiger partial charge on any atom is -0.493 e. The highest BCUT2D eigenvalue weighted by Crippen LogP contribution is 2.25. The molecule has 1 aromatic rings. The number of hydrogen-bond donors (Lipinski definition) is 1. The summed E-state index contributed by atoms with van der Waals surface area (Å²) < 4.78 is 11.5. The molecule has 1 rings (SSSR count). The number of benzene rings is 1. The quantitative estimate of drug-likeness (QED) is 0.737. The monoisotopic (exact) mass is 265 g/mol. The zero-order chi connectivity index (χ0) is 14.1. The second-order valence-electron chi connectivity index (χ2n) is 5.00. The summed E-state index contributed by atoms with van der Waals surface area (Å²) in [5.41, 5.74) is 1.19. The summed E-state index contributed by atoms with van der Waals surface area (Å²) in [6, 6.07) is 6.58. The largest absolute Gasteiger partial charge is 0.493 e. The van der Waals surface area contributed by atoms with Gasteiger partial charge in [-0.3, -0.25) is 0 Å². The van der Waals surface area contributed by atoms with Crippen LogP contribution < -0.4 is 14.8 Å². The average molecular weight is 265 g/mol. The third-order valence-corrected chi connectivity index (χ3v) is 2.67. The first-order chi connectivity index (χ1) is 9.17. The molecule has 0 heterocycles. The van der Waals surface area contributed by atoms with Gasteiger partial charge in [0.1, 0.15) is 11.5 Å². The molecular weight excluding hydrogens is 238 g/mol. The first-order valence-corrected chi connectivity index (χ1v) is 7.29. The molecule has 19 heavy (non-hydrogen) atoms. The summed E-state index contributed by atoms with van der Waals surface area (Å²) in [7, 11) is 0. The fraction of sp³-hybridized carbons (Fsp3) is 0.625. The van der Waals surface area contributed by atoms with Crippen molar-refractivity contribution in [2.45, 2.75) is 53.1 Å². The van der Waals surface area contributed by atoms with Crippen LogP contribution in [-0.2, 0) is 6.54 Å². The van der Waals surface area contributed by atoms with Gasteiger partial charge in [-0.1, -0.05) is 33.8 Å². The van der Waals surface area contributed by atoms with Crippen molar-refractivity contribution in [3.63, 3.8) is 0 Å². The zero-order valence-electron chi connectivity index (χ0n) is 12.7. The van der Waals surface area contributed by atoms with Crippen LogP contribution in [0.3, 0.4) is 0 Å². The van der Waals surface area contributed by atoms with Crippen LogP contribution in [0.5, 0.6) is 11.5 Å². The van der Waals surface area contributed by atoms with Crippen molar-refractivity contribution in [3.05, 3.63) is 23.8 Å². The maximum absolute atomic E-state index is 5.82. The van der Waals surface area contributed by atoms with Crippen LogP contribution in [0.15, 0.2) is 18.2 Å². The minimum atomic E-state index is 0.468. The molecule has 0 amide bonds. The molecule has 0 aromatic heterocycles. The summed E-state index contributed by atoms with van der Waals surface area (Å²) in [5, 5.41) is 3.42. The van der Waals surface area contributed by atoms with Crippen molar-refractivity contribution < 1.29 is 9.47 Å². The van der Waals surface area contributed by atoms with Crippen LogP contribution in [-0.4, -0.2) is 19.3 Å². The lowest BCUT2D eigenvalue weighted by Crippen LogP contribution is -2.22. The van der Waals surface area contributed by atoms with Crippen molar-refractivity contribution in [1.82, 2.24) is 5.32 Å². The predicted molar refractivity (Wildman–Crippen MR) is 80.0 cm³/mol. The fourth-order valence-corrected chi connectivity index (χ4v) is 1.65. The lowest BCUT2D eigenvalue weighted by molar-refractivity contribution is 0.298. The standard InChI is InChI=1S/C16H27NO2/c1-5-9-18-15-8-7-14(12-17-13(3)4)16(11-15)19-10-6-2/h7-8,11,13,17H,5-6,9-10,12H2,1-4H3. The Morgan fingerprint density at radius 2 is 1.74 bits per heavy atom. The van der Waals surface area contributed by atoms with Gasteiger partial charge in [-0.2, -0.15) is 0 Å². The molecule has 1 aromatic carbocycles. The van der Waals surface area contributed by atoms with Gasteiger partial charge in [0.2, 0.25) is 0 Å². The van der Waals surface area contributed by atoms with E-state index >= 15 is 0 Å². The Balaban J connectivity index is 2.76. The normalized spacial score (nSPS) is 10.8. The lowest BCUT2D eigenvalue weighted by atomic mass is 10.1. The highest BCUT2D eigenvalue weighted by molar-refractivity contribution is 5.40. The molecule has 0 aliphatic carbocycles. The van der Waals surface area contributed by atoms with E-state index in [0.717, 1.165) is 44.1 Å². The van der Waals surface area contributed by atoms with Gasteiger partial charge in [0.15, 0.2) is 0 Å². The van der Waals surface area contributed by atoms with E-state index in [4.69, 9.17) is 9.47 Å². The van der Waals surface area contributed by atoms with E-state index in [-0.39, 0.29) is 0 Å². The zero-order valence-corrected chi connectivity index (χ0v) is 12.7. The molecule has 0 aliphatic rings. The Morgan fingerprint density at radius 3 is 2.37 bits per heavy atom. The summed E-state index contributed by atoms with van der Waals surface area (Å²) in [6.45, 7) is 10.8. The smallest absolute Gasteiger partial charge is 0.127 e. The van der Waals surface area contributed by atoms with Crippen LogP contribution in [0.1, 0.15) is 46.1 Å². The van der Waals surface area contributed by atoms with Crippen LogP contribution in [0.2, 0.25) is 0 Å². The Labute approximate surface area is 117 Å². The molecule has 0 bridgehead atoms.